The number of hydrogen-bond acceptors (Lipinski definition) is 5. The molecule has 0 aliphatic rings. The first-order valence-electron chi connectivity index (χ1n) is 34.4. The monoisotopic (exact) mass is 1100 g/mol. The van der Waals surface area contributed by atoms with Gasteiger partial charge in [0.05, 0.1) is 39.9 Å². The maximum atomic E-state index is 13.1. The zero-order valence-electron chi connectivity index (χ0n) is 52.3. The van der Waals surface area contributed by atoms with Crippen molar-refractivity contribution in [1.82, 2.24) is 5.32 Å². The van der Waals surface area contributed by atoms with Gasteiger partial charge in [0.15, 0.2) is 0 Å². The molecular weight excluding hydrogens is 960 g/mol. The average molecular weight is 1100 g/mol. The summed E-state index contributed by atoms with van der Waals surface area (Å²) in [4.78, 5) is 23.4. The minimum atomic E-state index is -4.32. The van der Waals surface area contributed by atoms with Crippen molar-refractivity contribution in [3.05, 3.63) is 0 Å². The number of aliphatic hydroxyl groups is 1. The lowest BCUT2D eigenvalue weighted by molar-refractivity contribution is -0.870. The second kappa shape index (κ2) is 59.1. The minimum absolute atomic E-state index is 0.0794. The number of aliphatic hydroxyl groups excluding tert-OH is 1. The number of amides is 1. The smallest absolute Gasteiger partial charge is 0.391 e. The highest BCUT2D eigenvalue weighted by atomic mass is 31.2. The molecule has 1 amide bonds. The number of phosphoric ester groups is 1. The number of carbonyl (C=O) groups excluding carboxylic acids is 1. The van der Waals surface area contributed by atoms with Gasteiger partial charge in [0, 0.05) is 6.42 Å². The molecule has 0 spiro atoms. The van der Waals surface area contributed by atoms with Crippen LogP contribution in [0.25, 0.3) is 0 Å². The number of carbonyl (C=O) groups is 1. The van der Waals surface area contributed by atoms with Crippen LogP contribution in [0, 0.1) is 0 Å². The van der Waals surface area contributed by atoms with Crippen LogP contribution in [-0.4, -0.2) is 73.4 Å². The molecule has 8 nitrogen and oxygen atoms in total. The van der Waals surface area contributed by atoms with Gasteiger partial charge < -0.3 is 19.8 Å². The van der Waals surface area contributed by atoms with E-state index < -0.39 is 20.0 Å². The fraction of sp³-hybridized carbons (Fsp3) is 0.985. The molecule has 0 bridgehead atoms. The molecule has 0 rings (SSSR count). The summed E-state index contributed by atoms with van der Waals surface area (Å²) in [6, 6.07) is -0.756. The predicted octanol–water partition coefficient (Wildman–Crippen LogP) is 21.6. The molecule has 456 valence electrons. The van der Waals surface area contributed by atoms with Gasteiger partial charge in [-0.2, -0.15) is 0 Å². The highest BCUT2D eigenvalue weighted by Crippen LogP contribution is 2.43. The van der Waals surface area contributed by atoms with Crippen molar-refractivity contribution in [3.63, 3.8) is 0 Å². The van der Waals surface area contributed by atoms with Gasteiger partial charge in [-0.3, -0.25) is 13.8 Å². The molecule has 3 N–H and O–H groups in total. The number of hydrogen-bond donors (Lipinski definition) is 3. The quantitative estimate of drug-likeness (QED) is 0.0318. The van der Waals surface area contributed by atoms with Gasteiger partial charge in [-0.15, -0.1) is 0 Å². The highest BCUT2D eigenvalue weighted by molar-refractivity contribution is 7.47. The topological polar surface area (TPSA) is 105 Å². The fourth-order valence-electron chi connectivity index (χ4n) is 11.0. The van der Waals surface area contributed by atoms with Crippen LogP contribution in [0.3, 0.4) is 0 Å². The van der Waals surface area contributed by atoms with Crippen molar-refractivity contribution < 1.29 is 32.9 Å². The van der Waals surface area contributed by atoms with Gasteiger partial charge in [-0.1, -0.05) is 354 Å². The van der Waals surface area contributed by atoms with Crippen LogP contribution in [0.5, 0.6) is 0 Å². The van der Waals surface area contributed by atoms with Crippen molar-refractivity contribution in [3.8, 4) is 0 Å². The molecule has 0 heterocycles. The number of nitrogens with zero attached hydrogens (tertiary/aromatic N) is 1. The summed E-state index contributed by atoms with van der Waals surface area (Å²) >= 11 is 0. The van der Waals surface area contributed by atoms with E-state index in [0.29, 0.717) is 23.9 Å². The second-order valence-corrected chi connectivity index (χ2v) is 26.7. The molecule has 0 aliphatic carbocycles. The summed E-state index contributed by atoms with van der Waals surface area (Å²) < 4.78 is 23.9. The summed E-state index contributed by atoms with van der Waals surface area (Å²) in [5.41, 5.74) is 0. The molecule has 76 heavy (non-hydrogen) atoms. The van der Waals surface area contributed by atoms with E-state index in [-0.39, 0.29) is 19.1 Å². The number of nitrogens with one attached hydrogen (secondary N) is 1. The fourth-order valence-corrected chi connectivity index (χ4v) is 11.7. The molecule has 0 aromatic rings. The predicted molar refractivity (Wildman–Crippen MR) is 332 cm³/mol. The summed E-state index contributed by atoms with van der Waals surface area (Å²) in [6.45, 7) is 4.96. The lowest BCUT2D eigenvalue weighted by Crippen LogP contribution is -2.46. The molecule has 0 aliphatic heterocycles. The van der Waals surface area contributed by atoms with Crippen LogP contribution in [0.2, 0.25) is 0 Å². The Kier molecular flexibility index (Phi) is 58.7. The lowest BCUT2D eigenvalue weighted by Gasteiger charge is -2.26. The van der Waals surface area contributed by atoms with E-state index >= 15 is 0 Å². The first kappa shape index (κ1) is 75.5. The zero-order valence-corrected chi connectivity index (χ0v) is 53.2. The van der Waals surface area contributed by atoms with E-state index in [9.17, 15) is 19.4 Å². The minimum Gasteiger partial charge on any atom is -0.391 e. The number of likely N-dealkylation sites (N-methyl/N-ethyl adjacent to an activating group) is 1. The van der Waals surface area contributed by atoms with Crippen molar-refractivity contribution >= 4 is 13.7 Å². The second-order valence-electron chi connectivity index (χ2n) is 25.3. The molecular formula is C67H138N2O6P+. The number of phosphoric acid groups is 1. The van der Waals surface area contributed by atoms with Crippen LogP contribution in [0.4, 0.5) is 0 Å². The maximum Gasteiger partial charge on any atom is 0.472 e. The van der Waals surface area contributed by atoms with E-state index in [1.807, 2.05) is 21.1 Å². The molecule has 0 saturated carbocycles. The molecule has 9 heteroatoms. The molecule has 0 aromatic heterocycles. The molecule has 0 aromatic carbocycles. The Balaban J connectivity index is 3.98. The van der Waals surface area contributed by atoms with Crippen molar-refractivity contribution in [2.24, 2.45) is 0 Å². The lowest BCUT2D eigenvalue weighted by atomic mass is 10.0. The Labute approximate surface area is 476 Å². The largest absolute Gasteiger partial charge is 0.472 e. The molecule has 3 atom stereocenters. The number of unbranched alkanes of at least 4 members (excludes halogenated alkanes) is 52. The van der Waals surface area contributed by atoms with Crippen LogP contribution in [-0.2, 0) is 18.4 Å². The first-order valence-corrected chi connectivity index (χ1v) is 35.9. The Morgan fingerprint density at radius 3 is 0.882 bits per heavy atom. The number of rotatable bonds is 65. The van der Waals surface area contributed by atoms with Gasteiger partial charge in [0.2, 0.25) is 5.91 Å². The van der Waals surface area contributed by atoms with Crippen LogP contribution in [0.1, 0.15) is 373 Å². The van der Waals surface area contributed by atoms with E-state index in [1.165, 1.54) is 308 Å². The Morgan fingerprint density at radius 1 is 0.395 bits per heavy atom. The van der Waals surface area contributed by atoms with Gasteiger partial charge in [-0.05, 0) is 12.8 Å². The first-order chi connectivity index (χ1) is 37.0. The third-order valence-corrected chi connectivity index (χ3v) is 17.3. The standard InChI is InChI=1S/C67H137N2O6P/c1-6-8-10-12-14-16-18-20-22-24-26-28-30-31-32-33-34-35-36-37-38-39-40-42-44-46-48-50-52-54-56-58-60-66(70)65(64-75-76(72,73)74-63-62-69(3,4)5)68-67(71)61-59-57-55-53-51-49-47-45-43-41-29-27-25-23-21-19-17-15-13-11-9-7-2/h65-66,70H,6-64H2,1-5H3,(H-,68,71,72,73)/p+1. The number of quaternary nitrogens is 1. The van der Waals surface area contributed by atoms with Gasteiger partial charge in [0.1, 0.15) is 13.2 Å². The molecule has 3 unspecified atom stereocenters. The highest BCUT2D eigenvalue weighted by Gasteiger charge is 2.28. The summed E-state index contributed by atoms with van der Waals surface area (Å²) in [5.74, 6) is -0.134. The van der Waals surface area contributed by atoms with E-state index in [1.54, 1.807) is 0 Å². The van der Waals surface area contributed by atoms with E-state index in [2.05, 4.69) is 19.2 Å². The molecule has 0 radical (unpaired) electrons. The third kappa shape index (κ3) is 61.1. The van der Waals surface area contributed by atoms with Crippen molar-refractivity contribution in [2.75, 3.05) is 40.9 Å². The summed E-state index contributed by atoms with van der Waals surface area (Å²) in [6.07, 6.45) is 73.5. The molecule has 0 saturated heterocycles. The van der Waals surface area contributed by atoms with Gasteiger partial charge in [0.25, 0.3) is 0 Å². The Hall–Kier alpha value is -0.500. The van der Waals surface area contributed by atoms with Gasteiger partial charge in [-0.25, -0.2) is 4.57 Å². The zero-order chi connectivity index (χ0) is 55.6. The maximum absolute atomic E-state index is 13.1. The molecule has 0 fully saturated rings. The van der Waals surface area contributed by atoms with Crippen LogP contribution < -0.4 is 5.32 Å². The average Bonchev–Trinajstić information content (AvgIpc) is 3.38. The van der Waals surface area contributed by atoms with E-state index in [0.717, 1.165) is 38.5 Å². The van der Waals surface area contributed by atoms with Crippen molar-refractivity contribution in [1.29, 1.82) is 0 Å². The Morgan fingerprint density at radius 2 is 0.632 bits per heavy atom. The SMILES string of the molecule is CCCCCCCCCCCCCCCCCCCCCCCCCCCCCCCCCCC(O)C(COP(=O)(O)OCC[N+](C)(C)C)NC(=O)CCCCCCCCCCCCCCCCCCCCCCCC. The van der Waals surface area contributed by atoms with Gasteiger partial charge >= 0.3 is 7.82 Å². The summed E-state index contributed by atoms with van der Waals surface area (Å²) in [7, 11) is 1.64. The van der Waals surface area contributed by atoms with E-state index in [4.69, 9.17) is 9.05 Å². The van der Waals surface area contributed by atoms with Crippen LogP contribution >= 0.6 is 7.82 Å². The van der Waals surface area contributed by atoms with Crippen molar-refractivity contribution in [2.45, 2.75) is 386 Å². The summed E-state index contributed by atoms with van der Waals surface area (Å²) in [5, 5.41) is 14.1. The Bertz CT molecular complexity index is 1200. The normalized spacial score (nSPS) is 13.6. The third-order valence-electron chi connectivity index (χ3n) is 16.4. The van der Waals surface area contributed by atoms with Crippen LogP contribution in [0.15, 0.2) is 0 Å².